The lowest BCUT2D eigenvalue weighted by Crippen LogP contribution is -2.12. The van der Waals surface area contributed by atoms with E-state index in [1.54, 1.807) is 30.3 Å². The SMILES string of the molecule is Nc1nc2c(Cl)cc(NC(=O)c3ccc(Cl)cc3)c(Cl)c2s1. The van der Waals surface area contributed by atoms with E-state index in [9.17, 15) is 4.79 Å². The van der Waals surface area contributed by atoms with Gasteiger partial charge in [0, 0.05) is 10.6 Å². The Labute approximate surface area is 144 Å². The molecule has 0 atom stereocenters. The fraction of sp³-hybridized carbons (Fsp3) is 0. The highest BCUT2D eigenvalue weighted by atomic mass is 35.5. The van der Waals surface area contributed by atoms with Crippen LogP contribution in [0.5, 0.6) is 0 Å². The van der Waals surface area contributed by atoms with Gasteiger partial charge < -0.3 is 11.1 Å². The molecule has 0 saturated heterocycles. The molecule has 4 nitrogen and oxygen atoms in total. The van der Waals surface area contributed by atoms with Gasteiger partial charge in [0.25, 0.3) is 5.91 Å². The van der Waals surface area contributed by atoms with Crippen molar-refractivity contribution in [3.05, 3.63) is 51.0 Å². The quantitative estimate of drug-likeness (QED) is 0.658. The van der Waals surface area contributed by atoms with Gasteiger partial charge in [0.1, 0.15) is 5.52 Å². The smallest absolute Gasteiger partial charge is 0.255 e. The maximum Gasteiger partial charge on any atom is 0.255 e. The first-order valence-corrected chi connectivity index (χ1v) is 8.01. The number of thiazole rings is 1. The minimum Gasteiger partial charge on any atom is -0.375 e. The highest BCUT2D eigenvalue weighted by Crippen LogP contribution is 2.40. The number of carbonyl (C=O) groups is 1. The van der Waals surface area contributed by atoms with E-state index in [1.807, 2.05) is 0 Å². The van der Waals surface area contributed by atoms with E-state index in [1.165, 1.54) is 11.3 Å². The number of halogens is 3. The third kappa shape index (κ3) is 2.85. The summed E-state index contributed by atoms with van der Waals surface area (Å²) in [5.41, 5.74) is 7.07. The van der Waals surface area contributed by atoms with E-state index < -0.39 is 0 Å². The lowest BCUT2D eigenvalue weighted by atomic mass is 10.2. The van der Waals surface area contributed by atoms with Crippen LogP contribution in [0.25, 0.3) is 10.2 Å². The summed E-state index contributed by atoms with van der Waals surface area (Å²) in [5, 5.41) is 4.37. The number of nitrogens with one attached hydrogen (secondary N) is 1. The number of nitrogens with two attached hydrogens (primary N) is 1. The molecular weight excluding hydrogens is 365 g/mol. The van der Waals surface area contributed by atoms with Crippen LogP contribution in [-0.4, -0.2) is 10.9 Å². The largest absolute Gasteiger partial charge is 0.375 e. The fourth-order valence-electron chi connectivity index (χ4n) is 1.91. The van der Waals surface area contributed by atoms with Crippen LogP contribution in [0, 0.1) is 0 Å². The molecule has 0 aliphatic heterocycles. The minimum atomic E-state index is -0.313. The highest BCUT2D eigenvalue weighted by molar-refractivity contribution is 7.22. The predicted molar refractivity (Wildman–Crippen MR) is 93.5 cm³/mol. The van der Waals surface area contributed by atoms with Crippen molar-refractivity contribution in [2.24, 2.45) is 0 Å². The Morgan fingerprint density at radius 2 is 1.86 bits per heavy atom. The molecule has 0 aliphatic rings. The standard InChI is InChI=1S/C14H8Cl3N3OS/c15-7-3-1-6(2-4-7)13(21)19-9-5-8(16)11-12(10(9)17)22-14(18)20-11/h1-5H,(H2,18,20)(H,19,21). The van der Waals surface area contributed by atoms with Crippen LogP contribution >= 0.6 is 46.1 Å². The van der Waals surface area contributed by atoms with E-state index in [-0.39, 0.29) is 5.91 Å². The van der Waals surface area contributed by atoms with E-state index in [4.69, 9.17) is 40.5 Å². The molecule has 0 fully saturated rings. The molecule has 1 amide bonds. The van der Waals surface area contributed by atoms with Crippen LogP contribution < -0.4 is 11.1 Å². The highest BCUT2D eigenvalue weighted by Gasteiger charge is 2.16. The Bertz CT molecular complexity index is 877. The number of rotatable bonds is 2. The number of benzene rings is 2. The van der Waals surface area contributed by atoms with Gasteiger partial charge in [0.2, 0.25) is 0 Å². The van der Waals surface area contributed by atoms with Gasteiger partial charge in [-0.05, 0) is 30.3 Å². The van der Waals surface area contributed by atoms with E-state index in [2.05, 4.69) is 10.3 Å². The molecule has 0 bridgehead atoms. The summed E-state index contributed by atoms with van der Waals surface area (Å²) in [7, 11) is 0. The number of aromatic nitrogens is 1. The first kappa shape index (κ1) is 15.4. The molecule has 0 saturated carbocycles. The van der Waals surface area contributed by atoms with Crippen molar-refractivity contribution in [1.29, 1.82) is 0 Å². The normalized spacial score (nSPS) is 10.9. The third-order valence-corrected chi connectivity index (χ3v) is 4.88. The molecule has 0 aliphatic carbocycles. The van der Waals surface area contributed by atoms with Crippen molar-refractivity contribution in [2.45, 2.75) is 0 Å². The number of amides is 1. The maximum absolute atomic E-state index is 12.2. The average molecular weight is 373 g/mol. The first-order chi connectivity index (χ1) is 10.5. The van der Waals surface area contributed by atoms with E-state index >= 15 is 0 Å². The number of nitrogen functional groups attached to an aromatic ring is 1. The molecule has 8 heteroatoms. The molecule has 3 rings (SSSR count). The van der Waals surface area contributed by atoms with Crippen LogP contribution in [0.1, 0.15) is 10.4 Å². The van der Waals surface area contributed by atoms with Crippen molar-refractivity contribution in [3.8, 4) is 0 Å². The zero-order valence-electron chi connectivity index (χ0n) is 10.9. The molecule has 2 aromatic carbocycles. The number of anilines is 2. The Hall–Kier alpha value is -1.53. The zero-order valence-corrected chi connectivity index (χ0v) is 13.9. The number of nitrogens with zero attached hydrogens (tertiary/aromatic N) is 1. The molecule has 3 aromatic rings. The number of fused-ring (bicyclic) bond motifs is 1. The molecular formula is C14H8Cl3N3OS. The Morgan fingerprint density at radius 1 is 1.18 bits per heavy atom. The average Bonchev–Trinajstić information content (AvgIpc) is 2.88. The summed E-state index contributed by atoms with van der Waals surface area (Å²) >= 11 is 19.5. The van der Waals surface area contributed by atoms with Gasteiger partial charge in [-0.25, -0.2) is 4.98 Å². The number of hydrogen-bond donors (Lipinski definition) is 2. The Morgan fingerprint density at radius 3 is 2.55 bits per heavy atom. The van der Waals surface area contributed by atoms with Crippen LogP contribution in [0.15, 0.2) is 30.3 Å². The van der Waals surface area contributed by atoms with Crippen LogP contribution in [0.2, 0.25) is 15.1 Å². The van der Waals surface area contributed by atoms with Crippen molar-refractivity contribution in [1.82, 2.24) is 4.98 Å². The van der Waals surface area contributed by atoms with Gasteiger partial charge in [-0.2, -0.15) is 0 Å². The topological polar surface area (TPSA) is 68.0 Å². The van der Waals surface area contributed by atoms with Gasteiger partial charge >= 0.3 is 0 Å². The maximum atomic E-state index is 12.2. The first-order valence-electron chi connectivity index (χ1n) is 6.06. The molecule has 0 unspecified atom stereocenters. The van der Waals surface area contributed by atoms with E-state index in [0.29, 0.717) is 41.7 Å². The Balaban J connectivity index is 1.98. The Kier molecular flexibility index (Phi) is 4.14. The van der Waals surface area contributed by atoms with E-state index in [0.717, 1.165) is 0 Å². The van der Waals surface area contributed by atoms with Gasteiger partial charge in [-0.15, -0.1) is 0 Å². The molecule has 1 heterocycles. The van der Waals surface area contributed by atoms with Crippen LogP contribution in [0.3, 0.4) is 0 Å². The lowest BCUT2D eigenvalue weighted by Gasteiger charge is -2.08. The predicted octanol–water partition coefficient (Wildman–Crippen LogP) is 5.09. The summed E-state index contributed by atoms with van der Waals surface area (Å²) in [6.07, 6.45) is 0. The molecule has 112 valence electrons. The molecule has 3 N–H and O–H groups in total. The lowest BCUT2D eigenvalue weighted by molar-refractivity contribution is 0.102. The van der Waals surface area contributed by atoms with Gasteiger partial charge in [0.15, 0.2) is 5.13 Å². The second-order valence-corrected chi connectivity index (χ2v) is 6.66. The monoisotopic (exact) mass is 371 g/mol. The molecule has 22 heavy (non-hydrogen) atoms. The van der Waals surface area contributed by atoms with Crippen LogP contribution in [0.4, 0.5) is 10.8 Å². The summed E-state index contributed by atoms with van der Waals surface area (Å²) in [5.74, 6) is -0.313. The second-order valence-electron chi connectivity index (χ2n) is 4.41. The minimum absolute atomic E-state index is 0.313. The van der Waals surface area contributed by atoms with Crippen LogP contribution in [-0.2, 0) is 0 Å². The summed E-state index contributed by atoms with van der Waals surface area (Å²) in [6.45, 7) is 0. The van der Waals surface area contributed by atoms with Crippen molar-refractivity contribution < 1.29 is 4.79 Å². The van der Waals surface area contributed by atoms with Gasteiger partial charge in [0.05, 0.1) is 20.4 Å². The third-order valence-electron chi connectivity index (χ3n) is 2.93. The summed E-state index contributed by atoms with van der Waals surface area (Å²) in [6, 6.07) is 8.07. The van der Waals surface area contributed by atoms with Crippen molar-refractivity contribution in [3.63, 3.8) is 0 Å². The summed E-state index contributed by atoms with van der Waals surface area (Å²) < 4.78 is 0.637. The fourth-order valence-corrected chi connectivity index (χ4v) is 3.45. The van der Waals surface area contributed by atoms with Gasteiger partial charge in [-0.3, -0.25) is 4.79 Å². The molecule has 1 aromatic heterocycles. The number of hydrogen-bond acceptors (Lipinski definition) is 4. The number of carbonyl (C=O) groups excluding carboxylic acids is 1. The van der Waals surface area contributed by atoms with Gasteiger partial charge in [-0.1, -0.05) is 46.1 Å². The van der Waals surface area contributed by atoms with Crippen molar-refractivity contribution in [2.75, 3.05) is 11.1 Å². The second kappa shape index (κ2) is 5.93. The summed E-state index contributed by atoms with van der Waals surface area (Å²) in [4.78, 5) is 16.4. The molecule has 0 spiro atoms. The molecule has 0 radical (unpaired) electrons. The zero-order chi connectivity index (χ0) is 15.9. The van der Waals surface area contributed by atoms with Crippen molar-refractivity contribution >= 4 is 73.1 Å².